The number of hydrogen-bond acceptors (Lipinski definition) is 4. The van der Waals surface area contributed by atoms with Gasteiger partial charge in [0.1, 0.15) is 29.7 Å². The van der Waals surface area contributed by atoms with Crippen LogP contribution in [-0.4, -0.2) is 26.8 Å². The van der Waals surface area contributed by atoms with Crippen LogP contribution in [0.4, 0.5) is 46.6 Å². The standard InChI is InChI=1S/C25H16F8N4O2/c26-19-2-1-3-20(27)22(19)37(23(38)25(31,32)33)21-8-11-36(35-21)13-16-4-5-17(12-18(16)24(28,29)30)39-14-15-6-9-34-10-7-15/h1-12H,13-14H2. The topological polar surface area (TPSA) is 60.2 Å². The Balaban J connectivity index is 1.65. The molecule has 204 valence electrons. The number of hydrogen-bond donors (Lipinski definition) is 0. The highest BCUT2D eigenvalue weighted by molar-refractivity contribution is 6.03. The summed E-state index contributed by atoms with van der Waals surface area (Å²) in [5.74, 6) is -6.57. The van der Waals surface area contributed by atoms with Crippen molar-refractivity contribution in [3.8, 4) is 5.75 Å². The number of para-hydroxylation sites is 1. The van der Waals surface area contributed by atoms with E-state index in [2.05, 4.69) is 10.1 Å². The van der Waals surface area contributed by atoms with Crippen molar-refractivity contribution in [3.63, 3.8) is 0 Å². The van der Waals surface area contributed by atoms with Crippen molar-refractivity contribution in [2.45, 2.75) is 25.5 Å². The maximum absolute atomic E-state index is 14.3. The van der Waals surface area contributed by atoms with Gasteiger partial charge in [-0.2, -0.15) is 31.4 Å². The van der Waals surface area contributed by atoms with Gasteiger partial charge in [0, 0.05) is 24.7 Å². The molecule has 0 radical (unpaired) electrons. The van der Waals surface area contributed by atoms with Crippen LogP contribution in [-0.2, 0) is 24.1 Å². The van der Waals surface area contributed by atoms with Crippen LogP contribution in [0.1, 0.15) is 16.7 Å². The van der Waals surface area contributed by atoms with Crippen LogP contribution in [0.3, 0.4) is 0 Å². The number of alkyl halides is 6. The predicted octanol–water partition coefficient (Wildman–Crippen LogP) is 6.43. The summed E-state index contributed by atoms with van der Waals surface area (Å²) in [6.45, 7) is -0.634. The van der Waals surface area contributed by atoms with E-state index in [1.54, 1.807) is 12.1 Å². The smallest absolute Gasteiger partial charge is 0.472 e. The van der Waals surface area contributed by atoms with Gasteiger partial charge in [0.15, 0.2) is 5.82 Å². The molecule has 2 heterocycles. The Labute approximate surface area is 215 Å². The number of ether oxygens (including phenoxy) is 1. The lowest BCUT2D eigenvalue weighted by Crippen LogP contribution is -2.39. The Hall–Kier alpha value is -4.49. The highest BCUT2D eigenvalue weighted by atomic mass is 19.4. The third kappa shape index (κ3) is 6.33. The maximum Gasteiger partial charge on any atom is 0.472 e. The Kier molecular flexibility index (Phi) is 7.56. The minimum Gasteiger partial charge on any atom is -0.489 e. The van der Waals surface area contributed by atoms with E-state index in [4.69, 9.17) is 4.74 Å². The lowest BCUT2D eigenvalue weighted by atomic mass is 10.1. The number of benzene rings is 2. The fraction of sp³-hybridized carbons (Fsp3) is 0.160. The van der Waals surface area contributed by atoms with E-state index in [1.165, 1.54) is 18.5 Å². The van der Waals surface area contributed by atoms with Gasteiger partial charge in [-0.25, -0.2) is 13.7 Å². The monoisotopic (exact) mass is 556 g/mol. The summed E-state index contributed by atoms with van der Waals surface area (Å²) in [7, 11) is 0. The summed E-state index contributed by atoms with van der Waals surface area (Å²) in [6, 6.07) is 9.34. The molecule has 0 aliphatic rings. The first-order chi connectivity index (χ1) is 18.3. The van der Waals surface area contributed by atoms with Crippen LogP contribution in [0.15, 0.2) is 73.2 Å². The molecule has 0 fully saturated rings. The zero-order valence-corrected chi connectivity index (χ0v) is 19.5. The summed E-state index contributed by atoms with van der Waals surface area (Å²) >= 11 is 0. The number of aromatic nitrogens is 3. The van der Waals surface area contributed by atoms with Gasteiger partial charge in [-0.05, 0) is 47.5 Å². The number of carbonyl (C=O) groups excluding carboxylic acids is 1. The lowest BCUT2D eigenvalue weighted by Gasteiger charge is -2.22. The number of amides is 1. The molecule has 0 bridgehead atoms. The van der Waals surface area contributed by atoms with Crippen LogP contribution in [0, 0.1) is 11.6 Å². The van der Waals surface area contributed by atoms with Crippen LogP contribution in [0.25, 0.3) is 0 Å². The number of halogens is 8. The second-order valence-corrected chi connectivity index (χ2v) is 8.04. The Morgan fingerprint density at radius 3 is 2.21 bits per heavy atom. The minimum absolute atomic E-state index is 0.0304. The normalized spacial score (nSPS) is 11.9. The highest BCUT2D eigenvalue weighted by Gasteiger charge is 2.46. The van der Waals surface area contributed by atoms with Crippen LogP contribution in [0.2, 0.25) is 0 Å². The second-order valence-electron chi connectivity index (χ2n) is 8.04. The molecule has 14 heteroatoms. The Morgan fingerprint density at radius 1 is 0.923 bits per heavy atom. The summed E-state index contributed by atoms with van der Waals surface area (Å²) in [4.78, 5) is 15.6. The first-order valence-corrected chi connectivity index (χ1v) is 10.9. The third-order valence-electron chi connectivity index (χ3n) is 5.34. The molecular weight excluding hydrogens is 540 g/mol. The molecule has 0 unspecified atom stereocenters. The van der Waals surface area contributed by atoms with Crippen LogP contribution in [0.5, 0.6) is 5.75 Å². The van der Waals surface area contributed by atoms with Gasteiger partial charge in [-0.15, -0.1) is 0 Å². The lowest BCUT2D eigenvalue weighted by molar-refractivity contribution is -0.169. The van der Waals surface area contributed by atoms with E-state index >= 15 is 0 Å². The molecule has 6 nitrogen and oxygen atoms in total. The SMILES string of the molecule is O=C(N(c1ccn(Cc2ccc(OCc3ccncc3)cc2C(F)(F)F)n1)c1c(F)cccc1F)C(F)(F)F. The summed E-state index contributed by atoms with van der Waals surface area (Å²) < 4.78 is 116. The van der Waals surface area contributed by atoms with Gasteiger partial charge >= 0.3 is 18.3 Å². The Bertz CT molecular complexity index is 1450. The molecular formula is C25H16F8N4O2. The summed E-state index contributed by atoms with van der Waals surface area (Å²) in [5, 5.41) is 3.70. The van der Waals surface area contributed by atoms with E-state index in [-0.39, 0.29) is 22.8 Å². The molecule has 0 saturated carbocycles. The van der Waals surface area contributed by atoms with Gasteiger partial charge in [0.05, 0.1) is 12.1 Å². The van der Waals surface area contributed by atoms with Crippen LogP contribution >= 0.6 is 0 Å². The number of pyridine rings is 1. The molecule has 1 amide bonds. The number of anilines is 2. The largest absolute Gasteiger partial charge is 0.489 e. The first kappa shape index (κ1) is 27.5. The van der Waals surface area contributed by atoms with Crippen molar-refractivity contribution < 1.29 is 44.7 Å². The van der Waals surface area contributed by atoms with E-state index in [0.717, 1.165) is 35.1 Å². The number of carbonyl (C=O) groups is 1. The fourth-order valence-corrected chi connectivity index (χ4v) is 3.58. The van der Waals surface area contributed by atoms with Crippen molar-refractivity contribution in [1.82, 2.24) is 14.8 Å². The van der Waals surface area contributed by atoms with Crippen molar-refractivity contribution in [2.24, 2.45) is 0 Å². The number of nitrogens with zero attached hydrogens (tertiary/aromatic N) is 4. The average Bonchev–Trinajstić information content (AvgIpc) is 3.32. The average molecular weight is 556 g/mol. The first-order valence-electron chi connectivity index (χ1n) is 10.9. The zero-order chi connectivity index (χ0) is 28.4. The zero-order valence-electron chi connectivity index (χ0n) is 19.5. The molecule has 0 aliphatic heterocycles. The van der Waals surface area contributed by atoms with Crippen molar-refractivity contribution in [3.05, 3.63) is 102 Å². The number of rotatable bonds is 7. The molecule has 4 aromatic rings. The van der Waals surface area contributed by atoms with Crippen LogP contribution < -0.4 is 9.64 Å². The molecule has 0 aliphatic carbocycles. The highest BCUT2D eigenvalue weighted by Crippen LogP contribution is 2.36. The van der Waals surface area contributed by atoms with E-state index < -0.39 is 53.5 Å². The third-order valence-corrected chi connectivity index (χ3v) is 5.34. The van der Waals surface area contributed by atoms with Crippen molar-refractivity contribution in [2.75, 3.05) is 4.90 Å². The predicted molar refractivity (Wildman–Crippen MR) is 121 cm³/mol. The molecule has 4 rings (SSSR count). The summed E-state index contributed by atoms with van der Waals surface area (Å²) in [5.41, 5.74) is -2.11. The fourth-order valence-electron chi connectivity index (χ4n) is 3.58. The maximum atomic E-state index is 14.3. The van der Waals surface area contributed by atoms with E-state index in [9.17, 15) is 39.9 Å². The van der Waals surface area contributed by atoms with E-state index in [0.29, 0.717) is 17.7 Å². The molecule has 0 spiro atoms. The van der Waals surface area contributed by atoms with Gasteiger partial charge in [-0.1, -0.05) is 12.1 Å². The quantitative estimate of drug-likeness (QED) is 0.246. The molecule has 0 saturated heterocycles. The molecule has 2 aromatic carbocycles. The minimum atomic E-state index is -5.55. The Morgan fingerprint density at radius 2 is 1.59 bits per heavy atom. The van der Waals surface area contributed by atoms with Crippen molar-refractivity contribution in [1.29, 1.82) is 0 Å². The van der Waals surface area contributed by atoms with Gasteiger partial charge < -0.3 is 4.74 Å². The van der Waals surface area contributed by atoms with Crippen molar-refractivity contribution >= 4 is 17.4 Å². The van der Waals surface area contributed by atoms with Gasteiger partial charge in [0.25, 0.3) is 0 Å². The van der Waals surface area contributed by atoms with Gasteiger partial charge in [-0.3, -0.25) is 14.5 Å². The molecule has 0 atom stereocenters. The van der Waals surface area contributed by atoms with E-state index in [1.807, 2.05) is 0 Å². The molecule has 2 aromatic heterocycles. The second kappa shape index (κ2) is 10.7. The van der Waals surface area contributed by atoms with Gasteiger partial charge in [0.2, 0.25) is 0 Å². The summed E-state index contributed by atoms with van der Waals surface area (Å²) in [6.07, 6.45) is -6.43. The molecule has 39 heavy (non-hydrogen) atoms. The molecule has 0 N–H and O–H groups in total.